The average molecular weight is 443 g/mol. The molecular weight excluding hydrogens is 429 g/mol. The third kappa shape index (κ3) is 3.44. The first-order chi connectivity index (χ1) is 12.7. The number of alkyl halides is 3. The first kappa shape index (κ1) is 19.4. The van der Waals surface area contributed by atoms with Gasteiger partial charge in [0.2, 0.25) is 0 Å². The van der Waals surface area contributed by atoms with Crippen LogP contribution in [0.15, 0.2) is 58.1 Å². The van der Waals surface area contributed by atoms with E-state index in [1.54, 1.807) is 18.2 Å². The van der Waals surface area contributed by atoms with Crippen LogP contribution in [0.4, 0.5) is 13.2 Å². The van der Waals surface area contributed by atoms with Crippen molar-refractivity contribution in [2.45, 2.75) is 18.3 Å². The van der Waals surface area contributed by atoms with Gasteiger partial charge in [0.15, 0.2) is 0 Å². The largest absolute Gasteiger partial charge is 0.497 e. The summed E-state index contributed by atoms with van der Waals surface area (Å²) >= 11 is 3.14. The summed E-state index contributed by atoms with van der Waals surface area (Å²) in [6.45, 7) is 0. The lowest BCUT2D eigenvalue weighted by atomic mass is 10.0. The van der Waals surface area contributed by atoms with E-state index in [4.69, 9.17) is 4.74 Å². The first-order valence-corrected chi connectivity index (χ1v) is 8.57. The molecule has 0 aliphatic carbocycles. The van der Waals surface area contributed by atoms with Crippen LogP contribution in [0.1, 0.15) is 22.3 Å². The number of carbonyl (C=O) groups is 1. The van der Waals surface area contributed by atoms with Crippen molar-refractivity contribution in [3.05, 3.63) is 64.1 Å². The highest BCUT2D eigenvalue weighted by Crippen LogP contribution is 2.42. The third-order valence-corrected chi connectivity index (χ3v) is 4.83. The van der Waals surface area contributed by atoms with Gasteiger partial charge in [-0.2, -0.15) is 23.3 Å². The fraction of sp³-hybridized carbons (Fsp3) is 0.222. The summed E-state index contributed by atoms with van der Waals surface area (Å²) in [7, 11) is 1.42. The highest BCUT2D eigenvalue weighted by Gasteiger charge is 2.63. The predicted molar refractivity (Wildman–Crippen MR) is 95.5 cm³/mol. The number of hydrazone groups is 1. The molecule has 0 unspecified atom stereocenters. The van der Waals surface area contributed by atoms with Gasteiger partial charge < -0.3 is 9.84 Å². The number of hydrogen-bond donors (Lipinski definition) is 1. The van der Waals surface area contributed by atoms with E-state index in [2.05, 4.69) is 21.0 Å². The minimum atomic E-state index is -5.10. The van der Waals surface area contributed by atoms with Crippen LogP contribution in [-0.2, 0) is 0 Å². The van der Waals surface area contributed by atoms with E-state index < -0.39 is 24.2 Å². The zero-order chi connectivity index (χ0) is 19.8. The number of ether oxygens (including phenoxy) is 1. The summed E-state index contributed by atoms with van der Waals surface area (Å²) in [5.74, 6) is -0.651. The average Bonchev–Trinajstić information content (AvgIpc) is 3.00. The highest BCUT2D eigenvalue weighted by molar-refractivity contribution is 9.10. The Labute approximate surface area is 161 Å². The van der Waals surface area contributed by atoms with Gasteiger partial charge in [-0.05, 0) is 40.2 Å². The van der Waals surface area contributed by atoms with Gasteiger partial charge in [-0.1, -0.05) is 24.3 Å². The summed E-state index contributed by atoms with van der Waals surface area (Å²) < 4.78 is 46.3. The molecule has 2 aromatic rings. The van der Waals surface area contributed by atoms with E-state index in [1.807, 2.05) is 0 Å². The maximum Gasteiger partial charge on any atom is 0.438 e. The normalized spacial score (nSPS) is 19.8. The zero-order valence-corrected chi connectivity index (χ0v) is 15.6. The van der Waals surface area contributed by atoms with E-state index >= 15 is 0 Å². The number of hydrogen-bond acceptors (Lipinski definition) is 4. The molecule has 2 aromatic carbocycles. The van der Waals surface area contributed by atoms with E-state index in [0.29, 0.717) is 15.8 Å². The number of aliphatic hydroxyl groups is 1. The second-order valence-corrected chi connectivity index (χ2v) is 6.72. The van der Waals surface area contributed by atoms with Gasteiger partial charge in [0.05, 0.1) is 24.8 Å². The van der Waals surface area contributed by atoms with Crippen LogP contribution in [0, 0.1) is 0 Å². The molecule has 0 bridgehead atoms. The Morgan fingerprint density at radius 1 is 1.26 bits per heavy atom. The molecule has 3 rings (SSSR count). The first-order valence-electron chi connectivity index (χ1n) is 7.77. The van der Waals surface area contributed by atoms with Crippen LogP contribution < -0.4 is 4.74 Å². The van der Waals surface area contributed by atoms with E-state index in [9.17, 15) is 23.1 Å². The Hall–Kier alpha value is -2.39. The number of carbonyl (C=O) groups excluding carboxylic acids is 1. The number of halogens is 4. The van der Waals surface area contributed by atoms with Crippen LogP contribution >= 0.6 is 15.9 Å². The van der Waals surface area contributed by atoms with Gasteiger partial charge in [0.1, 0.15) is 5.75 Å². The van der Waals surface area contributed by atoms with Crippen molar-refractivity contribution in [1.29, 1.82) is 0 Å². The molecule has 1 amide bonds. The number of amides is 1. The fourth-order valence-electron chi connectivity index (χ4n) is 2.69. The van der Waals surface area contributed by atoms with Crippen molar-refractivity contribution < 1.29 is 27.8 Å². The molecule has 0 fully saturated rings. The number of methoxy groups -OCH3 is 1. The van der Waals surface area contributed by atoms with Crippen molar-refractivity contribution >= 4 is 27.5 Å². The Bertz CT molecular complexity index is 917. The van der Waals surface area contributed by atoms with Crippen LogP contribution in [0.5, 0.6) is 5.75 Å². The monoisotopic (exact) mass is 442 g/mol. The lowest BCUT2D eigenvalue weighted by molar-refractivity contribution is -0.297. The van der Waals surface area contributed by atoms with Gasteiger partial charge in [-0.3, -0.25) is 4.79 Å². The molecule has 0 radical (unpaired) electrons. The van der Waals surface area contributed by atoms with E-state index in [0.717, 1.165) is 0 Å². The molecule has 0 saturated heterocycles. The minimum Gasteiger partial charge on any atom is -0.497 e. The minimum absolute atomic E-state index is 0.0455. The van der Waals surface area contributed by atoms with Crippen LogP contribution in [0.3, 0.4) is 0 Å². The van der Waals surface area contributed by atoms with E-state index in [-0.39, 0.29) is 16.3 Å². The molecule has 0 spiro atoms. The Balaban J connectivity index is 2.08. The molecule has 5 nitrogen and oxygen atoms in total. The lowest BCUT2D eigenvalue weighted by Crippen LogP contribution is -2.56. The van der Waals surface area contributed by atoms with Gasteiger partial charge in [-0.25, -0.2) is 0 Å². The second-order valence-electron chi connectivity index (χ2n) is 5.87. The second kappa shape index (κ2) is 6.97. The number of rotatable bonds is 3. The Morgan fingerprint density at radius 3 is 2.59 bits per heavy atom. The quantitative estimate of drug-likeness (QED) is 0.782. The SMILES string of the molecule is COc1cccc(C2=NN(C(=O)c3ccccc3Br)[C@@](O)(C(F)(F)F)C2)c1. The number of nitrogens with zero attached hydrogens (tertiary/aromatic N) is 2. The molecular formula is C18H14BrF3N2O3. The molecule has 0 aromatic heterocycles. The maximum atomic E-state index is 13.7. The third-order valence-electron chi connectivity index (χ3n) is 4.14. The fourth-order valence-corrected chi connectivity index (χ4v) is 3.15. The van der Waals surface area contributed by atoms with Gasteiger partial charge in [0.25, 0.3) is 11.6 Å². The summed E-state index contributed by atoms with van der Waals surface area (Å²) in [5.41, 5.74) is -3.25. The summed E-state index contributed by atoms with van der Waals surface area (Å²) in [6, 6.07) is 12.2. The molecule has 1 N–H and O–H groups in total. The molecule has 142 valence electrons. The number of benzene rings is 2. The smallest absolute Gasteiger partial charge is 0.438 e. The van der Waals surface area contributed by atoms with Crippen molar-refractivity contribution in [3.8, 4) is 5.75 Å². The van der Waals surface area contributed by atoms with E-state index in [1.165, 1.54) is 37.4 Å². The van der Waals surface area contributed by atoms with Crippen LogP contribution in [-0.4, -0.2) is 40.7 Å². The van der Waals surface area contributed by atoms with Gasteiger partial charge in [0, 0.05) is 10.0 Å². The predicted octanol–water partition coefficient (Wildman–Crippen LogP) is 3.96. The maximum absolute atomic E-state index is 13.7. The molecule has 9 heteroatoms. The standard InChI is InChI=1S/C18H14BrF3N2O3/c1-27-12-6-4-5-11(9-12)15-10-17(26,18(20,21)22)24(23-15)16(25)13-7-2-3-8-14(13)19/h2-9,26H,10H2,1H3/t17-/m0/s1. The highest BCUT2D eigenvalue weighted by atomic mass is 79.9. The molecule has 1 atom stereocenters. The van der Waals surface area contributed by atoms with Crippen molar-refractivity contribution in [3.63, 3.8) is 0 Å². The topological polar surface area (TPSA) is 62.1 Å². The van der Waals surface area contributed by atoms with Crippen molar-refractivity contribution in [1.82, 2.24) is 5.01 Å². The lowest BCUT2D eigenvalue weighted by Gasteiger charge is -2.32. The molecule has 1 aliphatic rings. The molecule has 1 aliphatic heterocycles. The summed E-state index contributed by atoms with van der Waals surface area (Å²) in [6.07, 6.45) is -5.99. The molecule has 0 saturated carbocycles. The van der Waals surface area contributed by atoms with Crippen LogP contribution in [0.2, 0.25) is 0 Å². The molecule has 27 heavy (non-hydrogen) atoms. The zero-order valence-electron chi connectivity index (χ0n) is 14.0. The van der Waals surface area contributed by atoms with Gasteiger partial charge in [-0.15, -0.1) is 0 Å². The van der Waals surface area contributed by atoms with Crippen molar-refractivity contribution in [2.24, 2.45) is 5.10 Å². The van der Waals surface area contributed by atoms with Crippen LogP contribution in [0.25, 0.3) is 0 Å². The summed E-state index contributed by atoms with van der Waals surface area (Å²) in [5, 5.41) is 14.3. The molecule has 1 heterocycles. The van der Waals surface area contributed by atoms with Crippen molar-refractivity contribution in [2.75, 3.05) is 7.11 Å². The Morgan fingerprint density at radius 2 is 1.96 bits per heavy atom. The summed E-state index contributed by atoms with van der Waals surface area (Å²) in [4.78, 5) is 12.7. The van der Waals surface area contributed by atoms with Gasteiger partial charge >= 0.3 is 6.18 Å². The Kier molecular flexibility index (Phi) is 5.00.